The lowest BCUT2D eigenvalue weighted by molar-refractivity contribution is -0.120. The Balaban J connectivity index is 1.58. The number of anilines is 2. The molecular weight excluding hydrogens is 441 g/mol. The highest BCUT2D eigenvalue weighted by atomic mass is 32.1. The molecule has 1 N–H and O–H groups in total. The van der Waals surface area contributed by atoms with Crippen molar-refractivity contribution in [2.45, 2.75) is 33.6 Å². The van der Waals surface area contributed by atoms with Gasteiger partial charge >= 0.3 is 0 Å². The van der Waals surface area contributed by atoms with Gasteiger partial charge in [-0.1, -0.05) is 12.1 Å². The van der Waals surface area contributed by atoms with E-state index in [0.29, 0.717) is 44.6 Å². The molecule has 3 heterocycles. The van der Waals surface area contributed by atoms with E-state index in [1.165, 1.54) is 17.6 Å². The number of halogens is 1. The molecule has 174 valence electrons. The smallest absolute Gasteiger partial charge is 0.257 e. The van der Waals surface area contributed by atoms with Gasteiger partial charge in [-0.3, -0.25) is 9.59 Å². The lowest BCUT2D eigenvalue weighted by Crippen LogP contribution is -2.40. The van der Waals surface area contributed by atoms with Crippen molar-refractivity contribution in [2.75, 3.05) is 36.4 Å². The molecule has 33 heavy (non-hydrogen) atoms. The summed E-state index contributed by atoms with van der Waals surface area (Å²) in [6.07, 6.45) is 2.88. The number of carbonyl (C=O) groups excluding carboxylic acids is 2. The summed E-state index contributed by atoms with van der Waals surface area (Å²) in [5.74, 6) is -0.883. The van der Waals surface area contributed by atoms with Crippen molar-refractivity contribution in [3.63, 3.8) is 0 Å². The Kier molecular flexibility index (Phi) is 6.88. The van der Waals surface area contributed by atoms with Crippen molar-refractivity contribution in [3.05, 3.63) is 47.5 Å². The Labute approximate surface area is 196 Å². The van der Waals surface area contributed by atoms with Gasteiger partial charge in [-0.15, -0.1) is 0 Å². The maximum Gasteiger partial charge on any atom is 0.257 e. The molecule has 2 amide bonds. The van der Waals surface area contributed by atoms with E-state index in [0.717, 1.165) is 21.6 Å². The second-order valence-electron chi connectivity index (χ2n) is 8.18. The summed E-state index contributed by atoms with van der Waals surface area (Å²) in [7, 11) is 0. The Hall–Kier alpha value is -3.07. The van der Waals surface area contributed by atoms with Gasteiger partial charge in [0.25, 0.3) is 5.91 Å². The summed E-state index contributed by atoms with van der Waals surface area (Å²) in [5.41, 5.74) is 2.49. The fraction of sp³-hybridized carbons (Fsp3) is 0.417. The number of hydrogen-bond donors (Lipinski definition) is 1. The Morgan fingerprint density at radius 1 is 1.21 bits per heavy atom. The first kappa shape index (κ1) is 23.1. The molecule has 0 unspecified atom stereocenters. The minimum absolute atomic E-state index is 0.0468. The molecule has 1 fully saturated rings. The molecule has 1 aromatic carbocycles. The van der Waals surface area contributed by atoms with E-state index in [1.54, 1.807) is 29.3 Å². The lowest BCUT2D eigenvalue weighted by Gasteiger charge is -2.35. The largest absolute Gasteiger partial charge is 0.370 e. The van der Waals surface area contributed by atoms with E-state index in [2.05, 4.69) is 19.6 Å². The highest BCUT2D eigenvalue weighted by Crippen LogP contribution is 2.37. The summed E-state index contributed by atoms with van der Waals surface area (Å²) >= 11 is 1.33. The molecule has 7 nitrogen and oxygen atoms in total. The first-order chi connectivity index (χ1) is 15.9. The minimum Gasteiger partial charge on any atom is -0.370 e. The number of hydrogen-bond acceptors (Lipinski definition) is 6. The average molecular weight is 470 g/mol. The monoisotopic (exact) mass is 469 g/mol. The van der Waals surface area contributed by atoms with Gasteiger partial charge in [-0.05, 0) is 57.3 Å². The van der Waals surface area contributed by atoms with Gasteiger partial charge in [-0.2, -0.15) is 4.37 Å². The third kappa shape index (κ3) is 4.55. The first-order valence-corrected chi connectivity index (χ1v) is 12.1. The molecule has 3 aromatic rings. The van der Waals surface area contributed by atoms with Gasteiger partial charge in [-0.25, -0.2) is 9.37 Å². The maximum atomic E-state index is 13.9. The number of pyridine rings is 1. The maximum absolute atomic E-state index is 13.9. The fourth-order valence-corrected chi connectivity index (χ4v) is 5.12. The van der Waals surface area contributed by atoms with Crippen LogP contribution in [-0.2, 0) is 4.79 Å². The number of piperidine rings is 1. The van der Waals surface area contributed by atoms with Crippen LogP contribution in [-0.4, -0.2) is 52.3 Å². The van der Waals surface area contributed by atoms with Crippen LogP contribution in [0.25, 0.3) is 10.2 Å². The van der Waals surface area contributed by atoms with Crippen molar-refractivity contribution in [1.29, 1.82) is 0 Å². The van der Waals surface area contributed by atoms with Gasteiger partial charge in [0.1, 0.15) is 10.6 Å². The number of para-hydroxylation sites is 1. The van der Waals surface area contributed by atoms with Crippen LogP contribution in [0.1, 0.15) is 42.7 Å². The zero-order chi connectivity index (χ0) is 23.5. The molecule has 2 aromatic heterocycles. The zero-order valence-electron chi connectivity index (χ0n) is 19.1. The number of carbonyl (C=O) groups is 2. The van der Waals surface area contributed by atoms with E-state index in [-0.39, 0.29) is 23.4 Å². The van der Waals surface area contributed by atoms with Gasteiger partial charge in [0.05, 0.1) is 28.0 Å². The van der Waals surface area contributed by atoms with Crippen LogP contribution in [0, 0.1) is 18.7 Å². The summed E-state index contributed by atoms with van der Waals surface area (Å²) < 4.78 is 18.4. The number of aromatic nitrogens is 2. The van der Waals surface area contributed by atoms with Crippen molar-refractivity contribution < 1.29 is 14.0 Å². The van der Waals surface area contributed by atoms with Gasteiger partial charge in [0.15, 0.2) is 0 Å². The number of nitrogens with zero attached hydrogens (tertiary/aromatic N) is 4. The minimum atomic E-state index is -0.442. The van der Waals surface area contributed by atoms with E-state index in [9.17, 15) is 14.0 Å². The molecule has 0 spiro atoms. The molecule has 1 aliphatic rings. The highest BCUT2D eigenvalue weighted by molar-refractivity contribution is 7.13. The second kappa shape index (κ2) is 9.82. The number of nitrogens with one attached hydrogen (secondary N) is 1. The quantitative estimate of drug-likeness (QED) is 0.576. The van der Waals surface area contributed by atoms with E-state index in [1.807, 2.05) is 20.8 Å². The van der Waals surface area contributed by atoms with Crippen LogP contribution in [0.3, 0.4) is 0 Å². The first-order valence-electron chi connectivity index (χ1n) is 11.3. The van der Waals surface area contributed by atoms with Crippen LogP contribution >= 0.6 is 11.5 Å². The molecule has 1 aliphatic heterocycles. The van der Waals surface area contributed by atoms with Crippen molar-refractivity contribution in [2.24, 2.45) is 5.92 Å². The third-order valence-corrected chi connectivity index (χ3v) is 7.09. The van der Waals surface area contributed by atoms with E-state index in [4.69, 9.17) is 0 Å². The SMILES string of the molecule is CCN(CC)C(=O)c1cnc2snc(C)c2c1N1CCC(C(=O)Nc2ccccc2F)CC1. The Bertz CT molecular complexity index is 1170. The highest BCUT2D eigenvalue weighted by Gasteiger charge is 2.30. The molecule has 0 atom stereocenters. The van der Waals surface area contributed by atoms with Crippen LogP contribution in [0.4, 0.5) is 15.8 Å². The molecule has 0 bridgehead atoms. The van der Waals surface area contributed by atoms with Gasteiger partial charge in [0.2, 0.25) is 5.91 Å². The van der Waals surface area contributed by atoms with Gasteiger partial charge < -0.3 is 15.1 Å². The topological polar surface area (TPSA) is 78.4 Å². The summed E-state index contributed by atoms with van der Waals surface area (Å²) in [4.78, 5) is 35.3. The predicted octanol–water partition coefficient (Wildman–Crippen LogP) is 4.48. The second-order valence-corrected chi connectivity index (χ2v) is 8.93. The molecule has 0 saturated carbocycles. The lowest BCUT2D eigenvalue weighted by atomic mass is 9.94. The van der Waals surface area contributed by atoms with Crippen molar-refractivity contribution >= 4 is 44.9 Å². The normalized spacial score (nSPS) is 14.5. The molecule has 0 aliphatic carbocycles. The van der Waals surface area contributed by atoms with Gasteiger partial charge in [0, 0.05) is 38.3 Å². The number of aryl methyl sites for hydroxylation is 1. The summed E-state index contributed by atoms with van der Waals surface area (Å²) in [6.45, 7) is 8.32. The molecule has 4 rings (SSSR count). The fourth-order valence-electron chi connectivity index (χ4n) is 4.37. The van der Waals surface area contributed by atoms with Crippen LogP contribution < -0.4 is 10.2 Å². The van der Waals surface area contributed by atoms with Crippen molar-refractivity contribution in [3.8, 4) is 0 Å². The van der Waals surface area contributed by atoms with Crippen molar-refractivity contribution in [1.82, 2.24) is 14.3 Å². The number of fused-ring (bicyclic) bond motifs is 1. The molecule has 1 saturated heterocycles. The zero-order valence-corrected chi connectivity index (χ0v) is 19.9. The van der Waals surface area contributed by atoms with E-state index >= 15 is 0 Å². The molecular formula is C24H28FN5O2S. The number of benzene rings is 1. The number of amides is 2. The Morgan fingerprint density at radius 2 is 1.91 bits per heavy atom. The summed E-state index contributed by atoms with van der Waals surface area (Å²) in [5, 5.41) is 3.63. The van der Waals surface area contributed by atoms with Crippen LogP contribution in [0.5, 0.6) is 0 Å². The summed E-state index contributed by atoms with van der Waals surface area (Å²) in [6, 6.07) is 6.19. The molecule has 9 heteroatoms. The van der Waals surface area contributed by atoms with E-state index < -0.39 is 5.82 Å². The predicted molar refractivity (Wildman–Crippen MR) is 129 cm³/mol. The van der Waals surface area contributed by atoms with Crippen LogP contribution in [0.2, 0.25) is 0 Å². The molecule has 0 radical (unpaired) electrons. The standard InChI is InChI=1S/C24H28FN5O2S/c1-4-29(5-2)24(32)17-14-26-23-20(15(3)28-33-23)21(17)30-12-10-16(11-13-30)22(31)27-19-9-7-6-8-18(19)25/h6-9,14,16H,4-5,10-13H2,1-3H3,(H,27,31). The Morgan fingerprint density at radius 3 is 2.58 bits per heavy atom. The average Bonchev–Trinajstić information content (AvgIpc) is 3.21. The third-order valence-electron chi connectivity index (χ3n) is 6.24. The number of rotatable bonds is 6. The van der Waals surface area contributed by atoms with Crippen LogP contribution in [0.15, 0.2) is 30.5 Å².